The van der Waals surface area contributed by atoms with Crippen LogP contribution in [0.3, 0.4) is 0 Å². The summed E-state index contributed by atoms with van der Waals surface area (Å²) in [6, 6.07) is 11.7. The van der Waals surface area contributed by atoms with E-state index in [0.717, 1.165) is 5.56 Å². The Morgan fingerprint density at radius 2 is 1.95 bits per heavy atom. The van der Waals surface area contributed by atoms with Gasteiger partial charge < -0.3 is 15.0 Å². The average molecular weight is 297 g/mol. The van der Waals surface area contributed by atoms with Crippen LogP contribution in [0.5, 0.6) is 0 Å². The molecule has 114 valence electrons. The van der Waals surface area contributed by atoms with Crippen molar-refractivity contribution in [2.75, 3.05) is 5.73 Å². The molecule has 2 N–H and O–H groups in total. The van der Waals surface area contributed by atoms with Gasteiger partial charge in [-0.15, -0.1) is 0 Å². The second-order valence-electron chi connectivity index (χ2n) is 6.03. The van der Waals surface area contributed by atoms with Crippen LogP contribution in [0.2, 0.25) is 0 Å². The molecule has 1 aromatic carbocycles. The Bertz CT molecular complexity index is 719. The van der Waals surface area contributed by atoms with Gasteiger partial charge in [0.1, 0.15) is 11.7 Å². The van der Waals surface area contributed by atoms with Crippen molar-refractivity contribution in [2.24, 2.45) is 0 Å². The van der Waals surface area contributed by atoms with Crippen molar-refractivity contribution in [3.63, 3.8) is 0 Å². The molecule has 0 bridgehead atoms. The molecule has 0 unspecified atom stereocenters. The molecule has 0 radical (unpaired) electrons. The predicted octanol–water partition coefficient (Wildman–Crippen LogP) is 2.95. The summed E-state index contributed by atoms with van der Waals surface area (Å²) in [6.07, 6.45) is 1.58. The largest absolute Gasteiger partial charge is 0.455 e. The van der Waals surface area contributed by atoms with Crippen molar-refractivity contribution >= 4 is 11.7 Å². The van der Waals surface area contributed by atoms with Gasteiger partial charge in [0.2, 0.25) is 0 Å². The van der Waals surface area contributed by atoms with Crippen LogP contribution in [-0.2, 0) is 11.3 Å². The molecular formula is C17H19N3O2. The molecule has 0 aliphatic rings. The Kier molecular flexibility index (Phi) is 4.22. The molecule has 22 heavy (non-hydrogen) atoms. The third kappa shape index (κ3) is 3.47. The number of nitrogen functional groups attached to an aromatic ring is 1. The van der Waals surface area contributed by atoms with Crippen LogP contribution in [0.25, 0.3) is 0 Å². The van der Waals surface area contributed by atoms with Gasteiger partial charge in [0.25, 0.3) is 0 Å². The van der Waals surface area contributed by atoms with E-state index in [1.165, 1.54) is 0 Å². The van der Waals surface area contributed by atoms with E-state index in [9.17, 15) is 4.79 Å². The Hall–Kier alpha value is -2.74. The summed E-state index contributed by atoms with van der Waals surface area (Å²) in [5.41, 5.74) is 6.98. The van der Waals surface area contributed by atoms with Crippen LogP contribution in [0.1, 0.15) is 42.4 Å². The molecule has 0 aliphatic heterocycles. The topological polar surface area (TPSA) is 81.0 Å². The molecule has 0 atom stereocenters. The SMILES string of the molecule is CC(C)(C)OC(=O)c1c(N)c(C#N)cn1Cc1ccccc1. The molecule has 2 aromatic rings. The number of anilines is 1. The number of aromatic nitrogens is 1. The standard InChI is InChI=1S/C17H19N3O2/c1-17(2,3)22-16(21)15-14(19)13(9-18)11-20(15)10-12-7-5-4-6-8-12/h4-8,11H,10,19H2,1-3H3. The van der Waals surface area contributed by atoms with Crippen LogP contribution in [0.15, 0.2) is 36.5 Å². The summed E-state index contributed by atoms with van der Waals surface area (Å²) in [5, 5.41) is 9.14. The molecule has 0 spiro atoms. The average Bonchev–Trinajstić information content (AvgIpc) is 2.74. The van der Waals surface area contributed by atoms with Crippen molar-refractivity contribution in [3.8, 4) is 6.07 Å². The van der Waals surface area contributed by atoms with Crippen LogP contribution in [0, 0.1) is 11.3 Å². The number of ether oxygens (including phenoxy) is 1. The Morgan fingerprint density at radius 1 is 1.32 bits per heavy atom. The fraction of sp³-hybridized carbons (Fsp3) is 0.294. The monoisotopic (exact) mass is 297 g/mol. The van der Waals surface area contributed by atoms with Gasteiger partial charge in [0.05, 0.1) is 11.3 Å². The lowest BCUT2D eigenvalue weighted by Crippen LogP contribution is -2.26. The molecule has 1 aromatic heterocycles. The Labute approximate surface area is 129 Å². The molecule has 5 nitrogen and oxygen atoms in total. The van der Waals surface area contributed by atoms with Crippen molar-refractivity contribution in [1.82, 2.24) is 4.57 Å². The lowest BCUT2D eigenvalue weighted by molar-refractivity contribution is 0.00596. The van der Waals surface area contributed by atoms with E-state index in [1.54, 1.807) is 31.5 Å². The van der Waals surface area contributed by atoms with Gasteiger partial charge in [-0.3, -0.25) is 0 Å². The minimum Gasteiger partial charge on any atom is -0.455 e. The van der Waals surface area contributed by atoms with E-state index in [4.69, 9.17) is 15.7 Å². The van der Waals surface area contributed by atoms with E-state index < -0.39 is 11.6 Å². The van der Waals surface area contributed by atoms with Crippen molar-refractivity contribution in [2.45, 2.75) is 32.9 Å². The third-order valence-electron chi connectivity index (χ3n) is 3.03. The van der Waals surface area contributed by atoms with Gasteiger partial charge in [-0.2, -0.15) is 5.26 Å². The van der Waals surface area contributed by atoms with E-state index in [1.807, 2.05) is 36.4 Å². The predicted molar refractivity (Wildman–Crippen MR) is 84.3 cm³/mol. The summed E-state index contributed by atoms with van der Waals surface area (Å²) in [4.78, 5) is 12.4. The van der Waals surface area contributed by atoms with Gasteiger partial charge in [-0.05, 0) is 26.3 Å². The van der Waals surface area contributed by atoms with E-state index in [-0.39, 0.29) is 16.9 Å². The smallest absolute Gasteiger partial charge is 0.357 e. The quantitative estimate of drug-likeness (QED) is 0.883. The maximum Gasteiger partial charge on any atom is 0.357 e. The number of nitrogens with zero attached hydrogens (tertiary/aromatic N) is 2. The first-order valence-corrected chi connectivity index (χ1v) is 6.98. The zero-order valence-electron chi connectivity index (χ0n) is 13.0. The lowest BCUT2D eigenvalue weighted by atomic mass is 10.2. The number of nitrogens with two attached hydrogens (primary N) is 1. The first-order valence-electron chi connectivity index (χ1n) is 6.98. The maximum atomic E-state index is 12.4. The zero-order chi connectivity index (χ0) is 16.3. The fourth-order valence-electron chi connectivity index (χ4n) is 2.12. The highest BCUT2D eigenvalue weighted by Crippen LogP contribution is 2.24. The van der Waals surface area contributed by atoms with Crippen molar-refractivity contribution in [3.05, 3.63) is 53.3 Å². The van der Waals surface area contributed by atoms with Crippen LogP contribution < -0.4 is 5.73 Å². The second-order valence-corrected chi connectivity index (χ2v) is 6.03. The number of nitriles is 1. The lowest BCUT2D eigenvalue weighted by Gasteiger charge is -2.20. The first-order chi connectivity index (χ1) is 10.3. The maximum absolute atomic E-state index is 12.4. The van der Waals surface area contributed by atoms with E-state index in [2.05, 4.69) is 0 Å². The molecule has 2 rings (SSSR count). The third-order valence-corrected chi connectivity index (χ3v) is 3.03. The second kappa shape index (κ2) is 5.94. The summed E-state index contributed by atoms with van der Waals surface area (Å²) in [5.74, 6) is -0.526. The normalized spacial score (nSPS) is 11.0. The van der Waals surface area contributed by atoms with Crippen molar-refractivity contribution in [1.29, 1.82) is 5.26 Å². The van der Waals surface area contributed by atoms with Crippen LogP contribution in [-0.4, -0.2) is 16.1 Å². The number of esters is 1. The van der Waals surface area contributed by atoms with E-state index in [0.29, 0.717) is 6.54 Å². The summed E-state index contributed by atoms with van der Waals surface area (Å²) in [6.45, 7) is 5.81. The molecule has 0 aliphatic carbocycles. The molecule has 0 saturated heterocycles. The van der Waals surface area contributed by atoms with Gasteiger partial charge in [-0.25, -0.2) is 4.79 Å². The molecule has 0 fully saturated rings. The Morgan fingerprint density at radius 3 is 2.50 bits per heavy atom. The number of rotatable bonds is 3. The number of hydrogen-bond acceptors (Lipinski definition) is 4. The highest BCUT2D eigenvalue weighted by molar-refractivity contribution is 5.95. The number of benzene rings is 1. The first kappa shape index (κ1) is 15.6. The molecule has 0 saturated carbocycles. The zero-order valence-corrected chi connectivity index (χ0v) is 13.0. The van der Waals surface area contributed by atoms with Crippen LogP contribution in [0.4, 0.5) is 5.69 Å². The van der Waals surface area contributed by atoms with Gasteiger partial charge in [0.15, 0.2) is 5.69 Å². The van der Waals surface area contributed by atoms with Crippen molar-refractivity contribution < 1.29 is 9.53 Å². The Balaban J connectivity index is 2.41. The summed E-state index contributed by atoms with van der Waals surface area (Å²) < 4.78 is 7.06. The highest BCUT2D eigenvalue weighted by Gasteiger charge is 2.25. The molecule has 1 heterocycles. The van der Waals surface area contributed by atoms with Gasteiger partial charge >= 0.3 is 5.97 Å². The number of carbonyl (C=O) groups is 1. The highest BCUT2D eigenvalue weighted by atomic mass is 16.6. The minimum absolute atomic E-state index is 0.160. The van der Waals surface area contributed by atoms with Gasteiger partial charge in [-0.1, -0.05) is 30.3 Å². The summed E-state index contributed by atoms with van der Waals surface area (Å²) in [7, 11) is 0. The molecule has 0 amide bonds. The van der Waals surface area contributed by atoms with Crippen LogP contribution >= 0.6 is 0 Å². The molecular weight excluding hydrogens is 278 g/mol. The number of hydrogen-bond donors (Lipinski definition) is 1. The fourth-order valence-corrected chi connectivity index (χ4v) is 2.12. The summed E-state index contributed by atoms with van der Waals surface area (Å²) >= 11 is 0. The van der Waals surface area contributed by atoms with E-state index >= 15 is 0 Å². The minimum atomic E-state index is -0.627. The number of carbonyl (C=O) groups excluding carboxylic acids is 1. The van der Waals surface area contributed by atoms with Gasteiger partial charge in [0, 0.05) is 12.7 Å². The molecule has 5 heteroatoms.